The van der Waals surface area contributed by atoms with E-state index in [1.807, 2.05) is 61.5 Å². The third-order valence-electron chi connectivity index (χ3n) is 3.99. The molecule has 0 aliphatic rings. The van der Waals surface area contributed by atoms with Crippen molar-refractivity contribution in [3.63, 3.8) is 0 Å². The van der Waals surface area contributed by atoms with Crippen molar-refractivity contribution in [2.75, 3.05) is 7.05 Å². The molecule has 0 N–H and O–H groups in total. The van der Waals surface area contributed by atoms with Crippen molar-refractivity contribution in [3.05, 3.63) is 76.6 Å². The summed E-state index contributed by atoms with van der Waals surface area (Å²) in [6, 6.07) is 17.1. The summed E-state index contributed by atoms with van der Waals surface area (Å²) in [5.41, 5.74) is 2.60. The lowest BCUT2D eigenvalue weighted by molar-refractivity contribution is -0.129. The molecule has 5 heteroatoms. The Hall–Kier alpha value is -2.59. The van der Waals surface area contributed by atoms with Gasteiger partial charge >= 0.3 is 0 Å². The van der Waals surface area contributed by atoms with Crippen molar-refractivity contribution in [2.45, 2.75) is 19.9 Å². The predicted molar refractivity (Wildman–Crippen MR) is 98.3 cm³/mol. The topological polar surface area (TPSA) is 46.3 Å². The summed E-state index contributed by atoms with van der Waals surface area (Å²) in [7, 11) is 1.78. The molecule has 128 valence electrons. The van der Waals surface area contributed by atoms with Gasteiger partial charge in [-0.1, -0.05) is 41.9 Å². The summed E-state index contributed by atoms with van der Waals surface area (Å²) < 4.78 is 5.72. The molecule has 0 spiro atoms. The van der Waals surface area contributed by atoms with Gasteiger partial charge in [0.15, 0.2) is 0 Å². The maximum Gasteiger partial charge on any atom is 0.228 e. The molecule has 1 aromatic heterocycles. The molecule has 3 aromatic rings. The van der Waals surface area contributed by atoms with Crippen LogP contribution in [0.4, 0.5) is 0 Å². The smallest absolute Gasteiger partial charge is 0.228 e. The number of hydrogen-bond donors (Lipinski definition) is 0. The van der Waals surface area contributed by atoms with Gasteiger partial charge in [-0.3, -0.25) is 4.79 Å². The zero-order valence-electron chi connectivity index (χ0n) is 14.2. The fraction of sp³-hybridized carbons (Fsp3) is 0.200. The minimum atomic E-state index is -0.00837. The van der Waals surface area contributed by atoms with Crippen molar-refractivity contribution in [1.82, 2.24) is 9.88 Å². The van der Waals surface area contributed by atoms with Gasteiger partial charge in [-0.2, -0.15) is 0 Å². The zero-order valence-corrected chi connectivity index (χ0v) is 15.0. The van der Waals surface area contributed by atoms with Gasteiger partial charge in [-0.25, -0.2) is 4.98 Å². The highest BCUT2D eigenvalue weighted by molar-refractivity contribution is 6.30. The minimum absolute atomic E-state index is 0.00837. The molecule has 0 saturated carbocycles. The lowest BCUT2D eigenvalue weighted by atomic mass is 10.2. The van der Waals surface area contributed by atoms with Crippen LogP contribution in [0, 0.1) is 6.92 Å². The van der Waals surface area contributed by atoms with E-state index in [4.69, 9.17) is 16.0 Å². The second-order valence-corrected chi connectivity index (χ2v) is 6.38. The summed E-state index contributed by atoms with van der Waals surface area (Å²) in [6.45, 7) is 2.36. The Bertz CT molecular complexity index is 857. The van der Waals surface area contributed by atoms with E-state index in [0.29, 0.717) is 28.9 Å². The first-order valence-corrected chi connectivity index (χ1v) is 8.41. The third kappa shape index (κ3) is 4.28. The number of aryl methyl sites for hydroxylation is 1. The van der Waals surface area contributed by atoms with E-state index in [1.165, 1.54) is 0 Å². The van der Waals surface area contributed by atoms with E-state index >= 15 is 0 Å². The number of carbonyl (C=O) groups is 1. The van der Waals surface area contributed by atoms with E-state index in [2.05, 4.69) is 4.98 Å². The number of halogens is 1. The highest BCUT2D eigenvalue weighted by Crippen LogP contribution is 2.22. The minimum Gasteiger partial charge on any atom is -0.441 e. The normalized spacial score (nSPS) is 10.7. The molecule has 3 rings (SSSR count). The molecule has 0 aliphatic heterocycles. The van der Waals surface area contributed by atoms with Gasteiger partial charge < -0.3 is 9.32 Å². The third-order valence-corrected chi connectivity index (χ3v) is 4.24. The van der Waals surface area contributed by atoms with Crippen LogP contribution in [0.3, 0.4) is 0 Å². The standard InChI is InChI=1S/C20H19ClN2O2/c1-14-18(22-20(25-14)16-6-4-3-5-7-16)12-19(24)23(2)13-15-8-10-17(21)11-9-15/h3-11H,12-13H2,1-2H3. The second kappa shape index (κ2) is 7.53. The number of nitrogens with zero attached hydrogens (tertiary/aromatic N) is 2. The molecular weight excluding hydrogens is 336 g/mol. The lowest BCUT2D eigenvalue weighted by Gasteiger charge is -2.16. The van der Waals surface area contributed by atoms with E-state index in [-0.39, 0.29) is 12.3 Å². The fourth-order valence-electron chi connectivity index (χ4n) is 2.53. The van der Waals surface area contributed by atoms with Crippen molar-refractivity contribution in [2.24, 2.45) is 0 Å². The van der Waals surface area contributed by atoms with Gasteiger partial charge in [0.1, 0.15) is 5.76 Å². The molecule has 1 heterocycles. The Morgan fingerprint density at radius 3 is 2.48 bits per heavy atom. The van der Waals surface area contributed by atoms with E-state index in [1.54, 1.807) is 11.9 Å². The first kappa shape index (κ1) is 17.2. The maximum absolute atomic E-state index is 12.5. The molecule has 2 aromatic carbocycles. The van der Waals surface area contributed by atoms with Crippen LogP contribution in [-0.2, 0) is 17.8 Å². The number of benzene rings is 2. The Balaban J connectivity index is 1.68. The molecule has 0 saturated heterocycles. The molecule has 1 amide bonds. The highest BCUT2D eigenvalue weighted by atomic mass is 35.5. The number of amides is 1. The molecular formula is C20H19ClN2O2. The van der Waals surface area contributed by atoms with Gasteiger partial charge in [0.2, 0.25) is 11.8 Å². The first-order valence-electron chi connectivity index (χ1n) is 8.03. The fourth-order valence-corrected chi connectivity index (χ4v) is 2.65. The summed E-state index contributed by atoms with van der Waals surface area (Å²) in [4.78, 5) is 18.7. The summed E-state index contributed by atoms with van der Waals surface area (Å²) in [6.07, 6.45) is 0.215. The zero-order chi connectivity index (χ0) is 17.8. The second-order valence-electron chi connectivity index (χ2n) is 5.94. The number of carbonyl (C=O) groups excluding carboxylic acids is 1. The van der Waals surface area contributed by atoms with Crippen molar-refractivity contribution in [1.29, 1.82) is 0 Å². The quantitative estimate of drug-likeness (QED) is 0.677. The van der Waals surface area contributed by atoms with Crippen LogP contribution in [-0.4, -0.2) is 22.8 Å². The Morgan fingerprint density at radius 1 is 1.12 bits per heavy atom. The number of rotatable bonds is 5. The van der Waals surface area contributed by atoms with Gasteiger partial charge in [-0.05, 0) is 36.8 Å². The van der Waals surface area contributed by atoms with Crippen LogP contribution >= 0.6 is 11.6 Å². The SMILES string of the molecule is Cc1oc(-c2ccccc2)nc1CC(=O)N(C)Cc1ccc(Cl)cc1. The molecule has 0 bridgehead atoms. The number of hydrogen-bond acceptors (Lipinski definition) is 3. The first-order chi connectivity index (χ1) is 12.0. The molecule has 4 nitrogen and oxygen atoms in total. The number of likely N-dealkylation sites (N-methyl/N-ethyl adjacent to an activating group) is 1. The molecule has 0 unspecified atom stereocenters. The number of aromatic nitrogens is 1. The highest BCUT2D eigenvalue weighted by Gasteiger charge is 2.17. The van der Waals surface area contributed by atoms with Crippen LogP contribution in [0.2, 0.25) is 5.02 Å². The molecule has 0 atom stereocenters. The Kier molecular flexibility index (Phi) is 5.19. The molecule has 25 heavy (non-hydrogen) atoms. The van der Waals surface area contributed by atoms with Gasteiger partial charge in [0, 0.05) is 24.2 Å². The van der Waals surface area contributed by atoms with Gasteiger partial charge in [0.25, 0.3) is 0 Å². The van der Waals surface area contributed by atoms with Crippen molar-refractivity contribution < 1.29 is 9.21 Å². The summed E-state index contributed by atoms with van der Waals surface area (Å²) in [5, 5.41) is 0.685. The Labute approximate surface area is 152 Å². The van der Waals surface area contributed by atoms with E-state index in [0.717, 1.165) is 11.1 Å². The van der Waals surface area contributed by atoms with Gasteiger partial charge in [0.05, 0.1) is 12.1 Å². The average molecular weight is 355 g/mol. The monoisotopic (exact) mass is 354 g/mol. The summed E-state index contributed by atoms with van der Waals surface area (Å²) >= 11 is 5.89. The number of oxazole rings is 1. The van der Waals surface area contributed by atoms with Crippen LogP contribution in [0.25, 0.3) is 11.5 Å². The molecule has 0 aliphatic carbocycles. The Morgan fingerprint density at radius 2 is 1.80 bits per heavy atom. The van der Waals surface area contributed by atoms with E-state index < -0.39 is 0 Å². The maximum atomic E-state index is 12.5. The van der Waals surface area contributed by atoms with Crippen LogP contribution in [0.1, 0.15) is 17.0 Å². The molecule has 0 fully saturated rings. The largest absolute Gasteiger partial charge is 0.441 e. The average Bonchev–Trinajstić information content (AvgIpc) is 2.98. The van der Waals surface area contributed by atoms with Crippen molar-refractivity contribution in [3.8, 4) is 11.5 Å². The van der Waals surface area contributed by atoms with Crippen LogP contribution in [0.15, 0.2) is 59.0 Å². The molecule has 0 radical (unpaired) electrons. The van der Waals surface area contributed by atoms with Crippen LogP contribution in [0.5, 0.6) is 0 Å². The summed E-state index contributed by atoms with van der Waals surface area (Å²) in [5.74, 6) is 1.21. The predicted octanol–water partition coefficient (Wildman–Crippen LogP) is 4.50. The van der Waals surface area contributed by atoms with E-state index in [9.17, 15) is 4.79 Å². The van der Waals surface area contributed by atoms with Crippen molar-refractivity contribution >= 4 is 17.5 Å². The lowest BCUT2D eigenvalue weighted by Crippen LogP contribution is -2.28. The van der Waals surface area contributed by atoms with Gasteiger partial charge in [-0.15, -0.1) is 0 Å². The van der Waals surface area contributed by atoms with Crippen LogP contribution < -0.4 is 0 Å².